The maximum absolute atomic E-state index is 12.6. The Morgan fingerprint density at radius 1 is 1.25 bits per heavy atom. The highest BCUT2D eigenvalue weighted by molar-refractivity contribution is 6.30. The molecule has 0 aliphatic heterocycles. The molecule has 0 atom stereocenters. The van der Waals surface area contributed by atoms with Crippen LogP contribution in [0.3, 0.4) is 0 Å². The van der Waals surface area contributed by atoms with E-state index in [9.17, 15) is 4.79 Å². The highest BCUT2D eigenvalue weighted by atomic mass is 35.5. The number of carbonyl (C=O) groups excluding carboxylic acids is 1. The second-order valence-electron chi connectivity index (χ2n) is 7.50. The van der Waals surface area contributed by atoms with Crippen molar-refractivity contribution in [3.05, 3.63) is 35.2 Å². The van der Waals surface area contributed by atoms with Gasteiger partial charge < -0.3 is 9.32 Å². The number of carbonyl (C=O) groups is 1. The van der Waals surface area contributed by atoms with Gasteiger partial charge in [0.2, 0.25) is 17.7 Å². The number of nitrogens with zero attached hydrogens (tertiary/aromatic N) is 3. The predicted molar refractivity (Wildman–Crippen MR) is 92.4 cm³/mol. The van der Waals surface area contributed by atoms with Gasteiger partial charge in [-0.05, 0) is 42.5 Å². The Bertz CT molecular complexity index is 715. The summed E-state index contributed by atoms with van der Waals surface area (Å²) >= 11 is 5.89. The minimum Gasteiger partial charge on any atom is -0.419 e. The van der Waals surface area contributed by atoms with Crippen molar-refractivity contribution in [2.75, 3.05) is 0 Å². The second kappa shape index (κ2) is 6.55. The molecule has 3 rings (SSSR count). The van der Waals surface area contributed by atoms with Gasteiger partial charge in [0.25, 0.3) is 0 Å². The van der Waals surface area contributed by atoms with Crippen LogP contribution < -0.4 is 0 Å². The van der Waals surface area contributed by atoms with Crippen molar-refractivity contribution in [3.8, 4) is 11.5 Å². The molecule has 0 radical (unpaired) electrons. The molecule has 1 fully saturated rings. The van der Waals surface area contributed by atoms with E-state index < -0.39 is 0 Å². The van der Waals surface area contributed by atoms with Crippen LogP contribution in [0.5, 0.6) is 0 Å². The molecule has 0 spiro atoms. The van der Waals surface area contributed by atoms with Gasteiger partial charge in [-0.25, -0.2) is 0 Å². The van der Waals surface area contributed by atoms with E-state index in [-0.39, 0.29) is 11.3 Å². The molecule has 6 heteroatoms. The molecule has 0 saturated heterocycles. The van der Waals surface area contributed by atoms with Gasteiger partial charge in [0.05, 0.1) is 6.54 Å². The SMILES string of the molecule is CC(C)(C)CC(=O)N(Cc1nnc(-c2ccc(Cl)cc2)o1)C1CC1. The molecule has 0 bridgehead atoms. The zero-order chi connectivity index (χ0) is 17.3. The van der Waals surface area contributed by atoms with Gasteiger partial charge in [-0.3, -0.25) is 4.79 Å². The van der Waals surface area contributed by atoms with E-state index in [0.29, 0.717) is 35.8 Å². The smallest absolute Gasteiger partial charge is 0.247 e. The topological polar surface area (TPSA) is 59.2 Å². The Labute approximate surface area is 147 Å². The largest absolute Gasteiger partial charge is 0.419 e. The Morgan fingerprint density at radius 3 is 2.50 bits per heavy atom. The first-order valence-corrected chi connectivity index (χ1v) is 8.57. The van der Waals surface area contributed by atoms with E-state index in [0.717, 1.165) is 18.4 Å². The summed E-state index contributed by atoms with van der Waals surface area (Å²) in [5.41, 5.74) is 0.783. The summed E-state index contributed by atoms with van der Waals surface area (Å²) < 4.78 is 5.74. The fourth-order valence-electron chi connectivity index (χ4n) is 2.53. The summed E-state index contributed by atoms with van der Waals surface area (Å²) in [4.78, 5) is 14.5. The van der Waals surface area contributed by atoms with E-state index in [1.807, 2.05) is 17.0 Å². The summed E-state index contributed by atoms with van der Waals surface area (Å²) in [5, 5.41) is 8.84. The molecule has 1 aliphatic carbocycles. The first kappa shape index (κ1) is 17.0. The van der Waals surface area contributed by atoms with E-state index in [4.69, 9.17) is 16.0 Å². The normalized spacial score (nSPS) is 14.7. The molecular weight excluding hydrogens is 326 g/mol. The third-order valence-corrected chi connectivity index (χ3v) is 4.11. The van der Waals surface area contributed by atoms with Gasteiger partial charge in [0.15, 0.2) is 0 Å². The number of hydrogen-bond acceptors (Lipinski definition) is 4. The van der Waals surface area contributed by atoms with Crippen molar-refractivity contribution in [1.29, 1.82) is 0 Å². The van der Waals surface area contributed by atoms with Crippen LogP contribution in [-0.2, 0) is 11.3 Å². The van der Waals surface area contributed by atoms with Gasteiger partial charge in [0, 0.05) is 23.0 Å². The fourth-order valence-corrected chi connectivity index (χ4v) is 2.66. The number of benzene rings is 1. The second-order valence-corrected chi connectivity index (χ2v) is 7.93. The lowest BCUT2D eigenvalue weighted by atomic mass is 9.91. The third-order valence-electron chi connectivity index (χ3n) is 3.85. The molecule has 1 aliphatic rings. The van der Waals surface area contributed by atoms with Crippen molar-refractivity contribution < 1.29 is 9.21 Å². The fraction of sp³-hybridized carbons (Fsp3) is 0.500. The van der Waals surface area contributed by atoms with Crippen LogP contribution in [0.4, 0.5) is 0 Å². The van der Waals surface area contributed by atoms with Gasteiger partial charge in [0.1, 0.15) is 0 Å². The maximum atomic E-state index is 12.6. The first-order valence-electron chi connectivity index (χ1n) is 8.20. The molecular formula is C18H22ClN3O2. The Hall–Kier alpha value is -1.88. The first-order chi connectivity index (χ1) is 11.3. The van der Waals surface area contributed by atoms with Gasteiger partial charge >= 0.3 is 0 Å². The molecule has 1 aromatic carbocycles. The minimum absolute atomic E-state index is 0.0342. The van der Waals surface area contributed by atoms with Crippen molar-refractivity contribution in [2.24, 2.45) is 5.41 Å². The number of rotatable bonds is 5. The Kier molecular flexibility index (Phi) is 4.63. The molecule has 24 heavy (non-hydrogen) atoms. The van der Waals surface area contributed by atoms with Crippen LogP contribution in [0, 0.1) is 5.41 Å². The Balaban J connectivity index is 1.72. The quantitative estimate of drug-likeness (QED) is 0.808. The zero-order valence-electron chi connectivity index (χ0n) is 14.3. The molecule has 128 valence electrons. The summed E-state index contributed by atoms with van der Waals surface area (Å²) in [5.74, 6) is 1.06. The van der Waals surface area contributed by atoms with Crippen LogP contribution in [0.2, 0.25) is 5.02 Å². The van der Waals surface area contributed by atoms with Gasteiger partial charge in [-0.15, -0.1) is 10.2 Å². The van der Waals surface area contributed by atoms with Gasteiger partial charge in [-0.1, -0.05) is 32.4 Å². The maximum Gasteiger partial charge on any atom is 0.247 e. The molecule has 1 saturated carbocycles. The summed E-state index contributed by atoms with van der Waals surface area (Å²) in [6.45, 7) is 6.59. The molecule has 2 aromatic rings. The standard InChI is InChI=1S/C18H22ClN3O2/c1-18(2,3)10-16(23)22(14-8-9-14)11-15-20-21-17(24-15)12-4-6-13(19)7-5-12/h4-7,14H,8-11H2,1-3H3. The lowest BCUT2D eigenvalue weighted by Crippen LogP contribution is -2.35. The van der Waals surface area contributed by atoms with Crippen molar-refractivity contribution in [1.82, 2.24) is 15.1 Å². The molecule has 5 nitrogen and oxygen atoms in total. The zero-order valence-corrected chi connectivity index (χ0v) is 15.0. The van der Waals surface area contributed by atoms with Crippen molar-refractivity contribution >= 4 is 17.5 Å². The lowest BCUT2D eigenvalue weighted by Gasteiger charge is -2.25. The van der Waals surface area contributed by atoms with E-state index in [1.165, 1.54) is 0 Å². The molecule has 0 unspecified atom stereocenters. The average Bonchev–Trinajstić information content (AvgIpc) is 3.22. The minimum atomic E-state index is -0.0342. The van der Waals surface area contributed by atoms with E-state index >= 15 is 0 Å². The van der Waals surface area contributed by atoms with Crippen LogP contribution in [-0.4, -0.2) is 27.0 Å². The number of amides is 1. The predicted octanol–water partition coefficient (Wildman–Crippen LogP) is 4.32. The number of hydrogen-bond donors (Lipinski definition) is 0. The average molecular weight is 348 g/mol. The molecule has 1 heterocycles. The Morgan fingerprint density at radius 2 is 1.92 bits per heavy atom. The molecule has 1 amide bonds. The summed E-state index contributed by atoms with van der Waals surface area (Å²) in [6.07, 6.45) is 2.61. The van der Waals surface area contributed by atoms with E-state index in [1.54, 1.807) is 12.1 Å². The number of aromatic nitrogens is 2. The molecule has 1 aromatic heterocycles. The van der Waals surface area contributed by atoms with Gasteiger partial charge in [-0.2, -0.15) is 0 Å². The van der Waals surface area contributed by atoms with Crippen molar-refractivity contribution in [2.45, 2.75) is 52.6 Å². The molecule has 0 N–H and O–H groups in total. The monoisotopic (exact) mass is 347 g/mol. The third kappa shape index (κ3) is 4.35. The van der Waals surface area contributed by atoms with Crippen LogP contribution >= 0.6 is 11.6 Å². The summed E-state index contributed by atoms with van der Waals surface area (Å²) in [7, 11) is 0. The lowest BCUT2D eigenvalue weighted by molar-refractivity contribution is -0.134. The number of halogens is 1. The summed E-state index contributed by atoms with van der Waals surface area (Å²) in [6, 6.07) is 7.55. The highest BCUT2D eigenvalue weighted by Gasteiger charge is 2.35. The van der Waals surface area contributed by atoms with Crippen molar-refractivity contribution in [3.63, 3.8) is 0 Å². The van der Waals surface area contributed by atoms with Crippen LogP contribution in [0.15, 0.2) is 28.7 Å². The highest BCUT2D eigenvalue weighted by Crippen LogP contribution is 2.31. The van der Waals surface area contributed by atoms with Crippen LogP contribution in [0.25, 0.3) is 11.5 Å². The van der Waals surface area contributed by atoms with E-state index in [2.05, 4.69) is 31.0 Å². The van der Waals surface area contributed by atoms with Crippen LogP contribution in [0.1, 0.15) is 45.9 Å².